The highest BCUT2D eigenvalue weighted by Crippen LogP contribution is 2.13. The molecule has 19 heavy (non-hydrogen) atoms. The summed E-state index contributed by atoms with van der Waals surface area (Å²) < 4.78 is 15.2. The summed E-state index contributed by atoms with van der Waals surface area (Å²) in [7, 11) is 2.95. The molecule has 0 saturated heterocycles. The third kappa shape index (κ3) is 1.87. The van der Waals surface area contributed by atoms with Crippen molar-refractivity contribution in [2.24, 2.45) is 14.1 Å². The Hall–Kier alpha value is -1.98. The molecule has 2 rings (SSSR count). The smallest absolute Gasteiger partial charge is 0.333 e. The Kier molecular flexibility index (Phi) is 3.26. The van der Waals surface area contributed by atoms with Gasteiger partial charge in [0.2, 0.25) is 0 Å². The third-order valence-electron chi connectivity index (χ3n) is 2.82. The SMILES string of the molecule is C#CCn1c(=O)n(C)c(=O)c2c1nc([S+](C)[O-])n2C. The Bertz CT molecular complexity index is 806. The van der Waals surface area contributed by atoms with Gasteiger partial charge in [0.15, 0.2) is 11.2 Å². The lowest BCUT2D eigenvalue weighted by atomic mass is 10.5. The summed E-state index contributed by atoms with van der Waals surface area (Å²) in [5, 5.41) is 0.225. The van der Waals surface area contributed by atoms with Crippen molar-refractivity contribution in [3.8, 4) is 12.3 Å². The van der Waals surface area contributed by atoms with Crippen LogP contribution in [0.1, 0.15) is 0 Å². The second kappa shape index (κ2) is 4.60. The topological polar surface area (TPSA) is 84.9 Å². The summed E-state index contributed by atoms with van der Waals surface area (Å²) in [5.74, 6) is 2.34. The van der Waals surface area contributed by atoms with E-state index < -0.39 is 22.4 Å². The van der Waals surface area contributed by atoms with Crippen LogP contribution in [0, 0.1) is 12.3 Å². The molecule has 0 N–H and O–H groups in total. The van der Waals surface area contributed by atoms with Gasteiger partial charge in [-0.05, 0) is 0 Å². The predicted octanol–water partition coefficient (Wildman–Crippen LogP) is -1.20. The van der Waals surface area contributed by atoms with Crippen LogP contribution in [0.5, 0.6) is 0 Å². The van der Waals surface area contributed by atoms with Crippen LogP contribution in [0.2, 0.25) is 0 Å². The molecule has 2 heterocycles. The molecule has 0 aliphatic heterocycles. The van der Waals surface area contributed by atoms with Crippen molar-refractivity contribution in [3.05, 3.63) is 20.8 Å². The van der Waals surface area contributed by atoms with E-state index in [1.807, 2.05) is 0 Å². The summed E-state index contributed by atoms with van der Waals surface area (Å²) in [6.45, 7) is -0.00371. The lowest BCUT2D eigenvalue weighted by Crippen LogP contribution is -2.38. The zero-order valence-corrected chi connectivity index (χ0v) is 11.5. The molecule has 8 heteroatoms. The summed E-state index contributed by atoms with van der Waals surface area (Å²) in [4.78, 5) is 28.2. The first kappa shape index (κ1) is 13.5. The van der Waals surface area contributed by atoms with Gasteiger partial charge < -0.3 is 4.55 Å². The van der Waals surface area contributed by atoms with E-state index in [0.717, 1.165) is 4.57 Å². The van der Waals surface area contributed by atoms with Gasteiger partial charge in [0, 0.05) is 25.3 Å². The van der Waals surface area contributed by atoms with E-state index in [1.165, 1.54) is 22.4 Å². The Morgan fingerprint density at radius 3 is 2.53 bits per heavy atom. The minimum atomic E-state index is -1.37. The molecule has 0 aliphatic rings. The molecule has 0 fully saturated rings. The Balaban J connectivity index is 3.05. The number of rotatable bonds is 2. The molecule has 0 radical (unpaired) electrons. The van der Waals surface area contributed by atoms with E-state index in [-0.39, 0.29) is 22.9 Å². The van der Waals surface area contributed by atoms with Crippen LogP contribution in [0.15, 0.2) is 14.7 Å². The van der Waals surface area contributed by atoms with Gasteiger partial charge >= 0.3 is 10.8 Å². The second-order valence-electron chi connectivity index (χ2n) is 4.02. The maximum absolute atomic E-state index is 12.1. The van der Waals surface area contributed by atoms with Crippen molar-refractivity contribution >= 4 is 22.3 Å². The zero-order valence-electron chi connectivity index (χ0n) is 10.7. The molecule has 1 unspecified atom stereocenters. The highest BCUT2D eigenvalue weighted by Gasteiger charge is 2.22. The fourth-order valence-electron chi connectivity index (χ4n) is 1.90. The molecule has 0 bridgehead atoms. The monoisotopic (exact) mass is 280 g/mol. The number of aryl methyl sites for hydroxylation is 1. The van der Waals surface area contributed by atoms with Crippen LogP contribution >= 0.6 is 0 Å². The number of hydrogen-bond donors (Lipinski definition) is 0. The molecule has 0 saturated carbocycles. The highest BCUT2D eigenvalue weighted by molar-refractivity contribution is 7.90. The third-order valence-corrected chi connectivity index (χ3v) is 3.70. The molecular formula is C11H12N4O3S. The summed E-state index contributed by atoms with van der Waals surface area (Å²) >= 11 is -1.37. The van der Waals surface area contributed by atoms with Crippen molar-refractivity contribution in [2.45, 2.75) is 11.7 Å². The van der Waals surface area contributed by atoms with Crippen LogP contribution in [0.25, 0.3) is 11.2 Å². The standard InChI is InChI=1S/C11H12N4O3S/c1-5-6-15-8-7(9(16)14(3)11(15)17)13(2)10(12-8)19(4)18/h1H,6H2,2-4H3. The lowest BCUT2D eigenvalue weighted by molar-refractivity contribution is 0.585. The Morgan fingerprint density at radius 2 is 2.00 bits per heavy atom. The van der Waals surface area contributed by atoms with E-state index in [2.05, 4.69) is 10.9 Å². The molecule has 0 spiro atoms. The van der Waals surface area contributed by atoms with Gasteiger partial charge in [-0.15, -0.1) is 6.42 Å². The van der Waals surface area contributed by atoms with Crippen molar-refractivity contribution in [1.82, 2.24) is 18.7 Å². The normalized spacial score (nSPS) is 12.6. The van der Waals surface area contributed by atoms with Gasteiger partial charge in [-0.2, -0.15) is 4.98 Å². The molecule has 100 valence electrons. The average molecular weight is 280 g/mol. The molecule has 2 aromatic heterocycles. The largest absolute Gasteiger partial charge is 0.609 e. The van der Waals surface area contributed by atoms with Gasteiger partial charge in [0.05, 0.1) is 6.54 Å². The number of nitrogens with zero attached hydrogens (tertiary/aromatic N) is 4. The van der Waals surface area contributed by atoms with Crippen LogP contribution < -0.4 is 11.2 Å². The zero-order chi connectivity index (χ0) is 14.3. The van der Waals surface area contributed by atoms with E-state index in [1.54, 1.807) is 7.05 Å². The minimum Gasteiger partial charge on any atom is -0.609 e. The van der Waals surface area contributed by atoms with Gasteiger partial charge in [-0.25, -0.2) is 4.79 Å². The van der Waals surface area contributed by atoms with Gasteiger partial charge in [0.1, 0.15) is 6.26 Å². The number of imidazole rings is 1. The quantitative estimate of drug-likeness (QED) is 0.511. The molecule has 7 nitrogen and oxygen atoms in total. The minimum absolute atomic E-state index is 0.00371. The second-order valence-corrected chi connectivity index (χ2v) is 5.29. The molecule has 1 atom stereocenters. The molecule has 2 aromatic rings. The first-order valence-corrected chi connectivity index (χ1v) is 6.89. The van der Waals surface area contributed by atoms with Crippen molar-refractivity contribution < 1.29 is 4.55 Å². The first-order valence-electron chi connectivity index (χ1n) is 5.33. The van der Waals surface area contributed by atoms with Crippen molar-refractivity contribution in [3.63, 3.8) is 0 Å². The van der Waals surface area contributed by atoms with Crippen LogP contribution in [0.3, 0.4) is 0 Å². The first-order chi connectivity index (χ1) is 8.90. The number of terminal acetylenes is 1. The molecule has 0 amide bonds. The molecule has 0 aliphatic carbocycles. The molecule has 0 aromatic carbocycles. The maximum atomic E-state index is 12.1. The average Bonchev–Trinajstić information content (AvgIpc) is 2.70. The Labute approximate surface area is 111 Å². The number of fused-ring (bicyclic) bond motifs is 1. The predicted molar refractivity (Wildman–Crippen MR) is 71.4 cm³/mol. The number of hydrogen-bond acceptors (Lipinski definition) is 4. The summed E-state index contributed by atoms with van der Waals surface area (Å²) in [6.07, 6.45) is 6.68. The van der Waals surface area contributed by atoms with Crippen molar-refractivity contribution in [2.75, 3.05) is 6.26 Å². The fraction of sp³-hybridized carbons (Fsp3) is 0.364. The van der Waals surface area contributed by atoms with Crippen LogP contribution in [-0.2, 0) is 31.8 Å². The maximum Gasteiger partial charge on any atom is 0.333 e. The Morgan fingerprint density at radius 1 is 1.37 bits per heavy atom. The van der Waals surface area contributed by atoms with Crippen LogP contribution in [0.4, 0.5) is 0 Å². The number of aromatic nitrogens is 4. The molecular weight excluding hydrogens is 268 g/mol. The summed E-state index contributed by atoms with van der Waals surface area (Å²) in [5.41, 5.74) is -0.650. The van der Waals surface area contributed by atoms with E-state index in [4.69, 9.17) is 6.42 Å². The summed E-state index contributed by atoms with van der Waals surface area (Å²) in [6, 6.07) is 0. The van der Waals surface area contributed by atoms with E-state index >= 15 is 0 Å². The lowest BCUT2D eigenvalue weighted by Gasteiger charge is -2.05. The van der Waals surface area contributed by atoms with E-state index in [0.29, 0.717) is 0 Å². The van der Waals surface area contributed by atoms with E-state index in [9.17, 15) is 14.1 Å². The van der Waals surface area contributed by atoms with Crippen LogP contribution in [-0.4, -0.2) is 29.5 Å². The van der Waals surface area contributed by atoms with Gasteiger partial charge in [-0.1, -0.05) is 5.92 Å². The highest BCUT2D eigenvalue weighted by atomic mass is 32.2. The fourth-order valence-corrected chi connectivity index (χ4v) is 2.59. The van der Waals surface area contributed by atoms with Crippen molar-refractivity contribution in [1.29, 1.82) is 0 Å². The van der Waals surface area contributed by atoms with Gasteiger partial charge in [0.25, 0.3) is 5.56 Å². The van der Waals surface area contributed by atoms with Gasteiger partial charge in [-0.3, -0.25) is 18.5 Å².